The van der Waals surface area contributed by atoms with Crippen molar-refractivity contribution in [1.82, 2.24) is 15.1 Å². The highest BCUT2D eigenvalue weighted by atomic mass is 32.1. The van der Waals surface area contributed by atoms with Crippen LogP contribution in [0.2, 0.25) is 0 Å². The minimum atomic E-state index is -0.249. The largest absolute Gasteiger partial charge is 0.497 e. The topological polar surface area (TPSA) is 85.8 Å². The van der Waals surface area contributed by atoms with Crippen molar-refractivity contribution >= 4 is 22.4 Å². The molecule has 1 fully saturated rings. The van der Waals surface area contributed by atoms with E-state index in [1.807, 2.05) is 6.07 Å². The van der Waals surface area contributed by atoms with Crippen molar-refractivity contribution in [2.45, 2.75) is 31.5 Å². The predicted octanol–water partition coefficient (Wildman–Crippen LogP) is 2.20. The molecule has 0 aliphatic carbocycles. The molecule has 0 atom stereocenters. The zero-order valence-electron chi connectivity index (χ0n) is 16.8. The molecule has 0 unspecified atom stereocenters. The number of hydrogen-bond donors (Lipinski definition) is 1. The molecule has 2 aliphatic heterocycles. The fraction of sp³-hybridized carbons (Fsp3) is 0.550. The molecule has 1 saturated heterocycles. The lowest BCUT2D eigenvalue weighted by Gasteiger charge is -2.45. The van der Waals surface area contributed by atoms with Crippen molar-refractivity contribution in [1.29, 1.82) is 0 Å². The highest BCUT2D eigenvalue weighted by molar-refractivity contribution is 7.15. The summed E-state index contributed by atoms with van der Waals surface area (Å²) in [6.45, 7) is 3.08. The Hall–Kier alpha value is -2.07. The minimum Gasteiger partial charge on any atom is -0.497 e. The van der Waals surface area contributed by atoms with E-state index in [0.717, 1.165) is 49.7 Å². The average molecular weight is 419 g/mol. The number of rotatable bonds is 6. The lowest BCUT2D eigenvalue weighted by Crippen LogP contribution is -2.48. The van der Waals surface area contributed by atoms with Crippen molar-refractivity contribution in [2.24, 2.45) is 0 Å². The monoisotopic (exact) mass is 418 g/mol. The van der Waals surface area contributed by atoms with E-state index in [2.05, 4.69) is 32.5 Å². The van der Waals surface area contributed by atoms with Crippen LogP contribution in [0.25, 0.3) is 0 Å². The number of aromatic nitrogens is 2. The van der Waals surface area contributed by atoms with Crippen LogP contribution in [-0.2, 0) is 32.9 Å². The summed E-state index contributed by atoms with van der Waals surface area (Å²) in [6, 6.07) is 6.27. The summed E-state index contributed by atoms with van der Waals surface area (Å²) in [7, 11) is 3.30. The fourth-order valence-electron chi connectivity index (χ4n) is 4.12. The van der Waals surface area contributed by atoms with Crippen LogP contribution in [-0.4, -0.2) is 61.5 Å². The number of hydrogen-bond acceptors (Lipinski definition) is 8. The van der Waals surface area contributed by atoms with Crippen LogP contribution in [0, 0.1) is 0 Å². The Morgan fingerprint density at radius 2 is 2.14 bits per heavy atom. The Labute approximate surface area is 174 Å². The van der Waals surface area contributed by atoms with Crippen LogP contribution in [0.5, 0.6) is 5.75 Å². The third-order valence-corrected chi connectivity index (χ3v) is 6.38. The van der Waals surface area contributed by atoms with E-state index in [4.69, 9.17) is 14.2 Å². The van der Waals surface area contributed by atoms with Crippen molar-refractivity contribution in [2.75, 3.05) is 45.8 Å². The maximum absolute atomic E-state index is 12.4. The van der Waals surface area contributed by atoms with Gasteiger partial charge in [-0.05, 0) is 42.5 Å². The number of ether oxygens (including phenoxy) is 3. The van der Waals surface area contributed by atoms with Crippen LogP contribution in [0.4, 0.5) is 5.13 Å². The first-order valence-electron chi connectivity index (χ1n) is 9.77. The number of anilines is 1. The number of methoxy groups -OCH3 is 2. The first-order chi connectivity index (χ1) is 14.1. The van der Waals surface area contributed by atoms with Gasteiger partial charge < -0.3 is 14.2 Å². The smallest absolute Gasteiger partial charge is 0.240 e. The maximum Gasteiger partial charge on any atom is 0.240 e. The number of benzene rings is 1. The van der Waals surface area contributed by atoms with Crippen molar-refractivity contribution in [3.8, 4) is 5.75 Å². The molecule has 3 heterocycles. The van der Waals surface area contributed by atoms with Gasteiger partial charge in [0.25, 0.3) is 0 Å². The van der Waals surface area contributed by atoms with Crippen LogP contribution in [0.1, 0.15) is 29.0 Å². The van der Waals surface area contributed by atoms with E-state index in [0.29, 0.717) is 18.3 Å². The highest BCUT2D eigenvalue weighted by Crippen LogP contribution is 2.42. The standard InChI is InChI=1S/C20H26N4O4S/c1-26-13-18-22-23-19(29-18)21-17(25)12-24-8-6-20(7-9-24)16-4-3-15(27-2)11-14(16)5-10-28-20/h3-4,11H,5-10,12-13H2,1-2H3,(H,21,23,25). The Morgan fingerprint density at radius 1 is 1.31 bits per heavy atom. The minimum absolute atomic E-state index is 0.0734. The van der Waals surface area contributed by atoms with Gasteiger partial charge in [-0.3, -0.25) is 15.0 Å². The van der Waals surface area contributed by atoms with Gasteiger partial charge in [-0.2, -0.15) is 0 Å². The molecule has 2 aliphatic rings. The second kappa shape index (κ2) is 8.74. The van der Waals surface area contributed by atoms with Gasteiger partial charge in [0, 0.05) is 20.2 Å². The summed E-state index contributed by atoms with van der Waals surface area (Å²) in [5.74, 6) is 0.816. The normalized spacial score (nSPS) is 18.4. The van der Waals surface area contributed by atoms with Gasteiger partial charge in [0.2, 0.25) is 11.0 Å². The zero-order chi connectivity index (χ0) is 20.3. The van der Waals surface area contributed by atoms with Crippen molar-refractivity contribution in [3.05, 3.63) is 34.3 Å². The molecular weight excluding hydrogens is 392 g/mol. The number of piperidine rings is 1. The highest BCUT2D eigenvalue weighted by Gasteiger charge is 2.41. The summed E-state index contributed by atoms with van der Waals surface area (Å²) >= 11 is 1.33. The number of nitrogens with one attached hydrogen (secondary N) is 1. The van der Waals surface area contributed by atoms with Crippen LogP contribution >= 0.6 is 11.3 Å². The van der Waals surface area contributed by atoms with Crippen LogP contribution in [0.15, 0.2) is 18.2 Å². The maximum atomic E-state index is 12.4. The average Bonchev–Trinajstić information content (AvgIpc) is 3.16. The third-order valence-electron chi connectivity index (χ3n) is 5.56. The molecule has 1 amide bonds. The Balaban J connectivity index is 1.34. The lowest BCUT2D eigenvalue weighted by atomic mass is 9.79. The number of fused-ring (bicyclic) bond motifs is 2. The number of carbonyl (C=O) groups is 1. The van der Waals surface area contributed by atoms with Gasteiger partial charge in [-0.1, -0.05) is 17.4 Å². The van der Waals surface area contributed by atoms with E-state index < -0.39 is 0 Å². The van der Waals surface area contributed by atoms with Gasteiger partial charge in [0.15, 0.2) is 0 Å². The van der Waals surface area contributed by atoms with Crippen LogP contribution in [0.3, 0.4) is 0 Å². The Kier molecular flexibility index (Phi) is 6.09. The van der Waals surface area contributed by atoms with Gasteiger partial charge in [-0.25, -0.2) is 0 Å². The SMILES string of the molecule is COCc1nnc(NC(=O)CN2CCC3(CC2)OCCc2cc(OC)ccc23)s1. The van der Waals surface area contributed by atoms with Crippen LogP contribution < -0.4 is 10.1 Å². The number of nitrogens with zero attached hydrogens (tertiary/aromatic N) is 3. The molecule has 29 heavy (non-hydrogen) atoms. The molecule has 1 N–H and O–H groups in total. The first kappa shape index (κ1) is 20.2. The predicted molar refractivity (Wildman–Crippen MR) is 109 cm³/mol. The Bertz CT molecular complexity index is 864. The van der Waals surface area contributed by atoms with Gasteiger partial charge in [0.05, 0.1) is 25.9 Å². The van der Waals surface area contributed by atoms with Crippen molar-refractivity contribution in [3.63, 3.8) is 0 Å². The summed E-state index contributed by atoms with van der Waals surface area (Å²) in [5, 5.41) is 12.1. The van der Waals surface area contributed by atoms with Gasteiger partial charge >= 0.3 is 0 Å². The fourth-order valence-corrected chi connectivity index (χ4v) is 4.84. The molecule has 1 aromatic carbocycles. The van der Waals surface area contributed by atoms with E-state index in [1.54, 1.807) is 14.2 Å². The molecule has 1 spiro atoms. The van der Waals surface area contributed by atoms with Gasteiger partial charge in [0.1, 0.15) is 17.4 Å². The molecule has 8 nitrogen and oxygen atoms in total. The molecule has 0 bridgehead atoms. The molecule has 0 radical (unpaired) electrons. The van der Waals surface area contributed by atoms with E-state index in [9.17, 15) is 4.79 Å². The Morgan fingerprint density at radius 3 is 2.90 bits per heavy atom. The molecule has 156 valence electrons. The summed E-state index contributed by atoms with van der Waals surface area (Å²) in [4.78, 5) is 14.6. The molecular formula is C20H26N4O4S. The van der Waals surface area contributed by atoms with Crippen molar-refractivity contribution < 1.29 is 19.0 Å². The van der Waals surface area contributed by atoms with Gasteiger partial charge in [-0.15, -0.1) is 10.2 Å². The summed E-state index contributed by atoms with van der Waals surface area (Å²) in [5.41, 5.74) is 2.33. The zero-order valence-corrected chi connectivity index (χ0v) is 17.6. The molecule has 1 aromatic heterocycles. The number of carbonyl (C=O) groups excluding carboxylic acids is 1. The molecule has 2 aromatic rings. The number of amides is 1. The second-order valence-corrected chi connectivity index (χ2v) is 8.44. The first-order valence-corrected chi connectivity index (χ1v) is 10.6. The number of likely N-dealkylation sites (tertiary alicyclic amines) is 1. The quantitative estimate of drug-likeness (QED) is 0.770. The summed E-state index contributed by atoms with van der Waals surface area (Å²) < 4.78 is 16.7. The van der Waals surface area contributed by atoms with E-state index in [-0.39, 0.29) is 11.5 Å². The third kappa shape index (κ3) is 4.42. The molecule has 0 saturated carbocycles. The van der Waals surface area contributed by atoms with E-state index >= 15 is 0 Å². The van der Waals surface area contributed by atoms with E-state index in [1.165, 1.54) is 22.5 Å². The molecule has 9 heteroatoms. The summed E-state index contributed by atoms with van der Waals surface area (Å²) in [6.07, 6.45) is 2.65. The second-order valence-electron chi connectivity index (χ2n) is 7.37. The molecule has 4 rings (SSSR count). The lowest BCUT2D eigenvalue weighted by molar-refractivity contribution is -0.121.